The van der Waals surface area contributed by atoms with Crippen molar-refractivity contribution in [1.82, 2.24) is 9.88 Å². The van der Waals surface area contributed by atoms with Crippen molar-refractivity contribution in [3.05, 3.63) is 64.0 Å². The molecule has 1 aromatic heterocycles. The standard InChI is InChI=1S/C18H20N4O5/c1-12(14-5-3-4-9-19-14)20-15-7-6-13(11-16(15)22(26)27)18(25)21(2)10-8-17(23)24/h3-7,9,11-12,20H,8,10H2,1-2H3,(H,23,24). The average molecular weight is 372 g/mol. The van der Waals surface area contributed by atoms with Gasteiger partial charge < -0.3 is 15.3 Å². The molecule has 0 spiro atoms. The molecule has 2 rings (SSSR count). The van der Waals surface area contributed by atoms with Gasteiger partial charge in [-0.15, -0.1) is 0 Å². The summed E-state index contributed by atoms with van der Waals surface area (Å²) in [5.41, 5.74) is 0.865. The topological polar surface area (TPSA) is 126 Å². The van der Waals surface area contributed by atoms with E-state index in [0.29, 0.717) is 0 Å². The van der Waals surface area contributed by atoms with Crippen molar-refractivity contribution >= 4 is 23.3 Å². The Morgan fingerprint density at radius 3 is 2.67 bits per heavy atom. The van der Waals surface area contributed by atoms with E-state index in [4.69, 9.17) is 5.11 Å². The molecule has 0 aliphatic rings. The van der Waals surface area contributed by atoms with E-state index in [0.717, 1.165) is 5.69 Å². The van der Waals surface area contributed by atoms with E-state index in [-0.39, 0.29) is 35.9 Å². The second-order valence-corrected chi connectivity index (χ2v) is 5.98. The Labute approximate surface area is 155 Å². The molecule has 1 heterocycles. The summed E-state index contributed by atoms with van der Waals surface area (Å²) in [7, 11) is 1.45. The second kappa shape index (κ2) is 8.75. The number of carboxylic acid groups (broad SMARTS) is 1. The van der Waals surface area contributed by atoms with Gasteiger partial charge in [0.2, 0.25) is 0 Å². The number of pyridine rings is 1. The summed E-state index contributed by atoms with van der Waals surface area (Å²) in [5, 5.41) is 23.2. The highest BCUT2D eigenvalue weighted by atomic mass is 16.6. The van der Waals surface area contributed by atoms with Gasteiger partial charge >= 0.3 is 5.97 Å². The van der Waals surface area contributed by atoms with Crippen LogP contribution in [0.4, 0.5) is 11.4 Å². The molecular weight excluding hydrogens is 352 g/mol. The fourth-order valence-corrected chi connectivity index (χ4v) is 2.46. The Balaban J connectivity index is 2.22. The highest BCUT2D eigenvalue weighted by Crippen LogP contribution is 2.29. The van der Waals surface area contributed by atoms with Gasteiger partial charge in [0.25, 0.3) is 11.6 Å². The molecule has 0 radical (unpaired) electrons. The maximum atomic E-state index is 12.4. The lowest BCUT2D eigenvalue weighted by atomic mass is 10.1. The smallest absolute Gasteiger partial charge is 0.305 e. The number of nitro benzene ring substituents is 1. The SMILES string of the molecule is CC(Nc1ccc(C(=O)N(C)CCC(=O)O)cc1[N+](=O)[O-])c1ccccn1. The van der Waals surface area contributed by atoms with Crippen LogP contribution in [0, 0.1) is 10.1 Å². The minimum absolute atomic E-state index is 0.0126. The van der Waals surface area contributed by atoms with Crippen molar-refractivity contribution in [2.75, 3.05) is 18.9 Å². The molecule has 2 aromatic rings. The number of aliphatic carboxylic acids is 1. The van der Waals surface area contributed by atoms with Crippen molar-refractivity contribution in [3.8, 4) is 0 Å². The zero-order valence-corrected chi connectivity index (χ0v) is 15.0. The first-order valence-electron chi connectivity index (χ1n) is 8.22. The monoisotopic (exact) mass is 372 g/mol. The summed E-state index contributed by atoms with van der Waals surface area (Å²) in [5.74, 6) is -1.51. The quantitative estimate of drug-likeness (QED) is 0.539. The summed E-state index contributed by atoms with van der Waals surface area (Å²) in [6.07, 6.45) is 1.43. The van der Waals surface area contributed by atoms with E-state index in [1.807, 2.05) is 13.0 Å². The first-order chi connectivity index (χ1) is 12.8. The van der Waals surface area contributed by atoms with E-state index < -0.39 is 16.8 Å². The third kappa shape index (κ3) is 5.24. The molecule has 0 fully saturated rings. The van der Waals surface area contributed by atoms with Crippen LogP contribution in [-0.2, 0) is 4.79 Å². The molecule has 142 valence electrons. The zero-order valence-electron chi connectivity index (χ0n) is 15.0. The number of carboxylic acids is 1. The molecule has 27 heavy (non-hydrogen) atoms. The van der Waals surface area contributed by atoms with Crippen LogP contribution >= 0.6 is 0 Å². The number of hydrogen-bond acceptors (Lipinski definition) is 6. The van der Waals surface area contributed by atoms with Crippen LogP contribution in [0.5, 0.6) is 0 Å². The number of rotatable bonds is 8. The summed E-state index contributed by atoms with van der Waals surface area (Å²) in [6.45, 7) is 1.84. The van der Waals surface area contributed by atoms with Crippen LogP contribution in [0.3, 0.4) is 0 Å². The number of nitrogens with zero attached hydrogens (tertiary/aromatic N) is 3. The second-order valence-electron chi connectivity index (χ2n) is 5.98. The number of carbonyl (C=O) groups is 2. The number of hydrogen-bond donors (Lipinski definition) is 2. The van der Waals surface area contributed by atoms with Crippen molar-refractivity contribution < 1.29 is 19.6 Å². The number of nitrogens with one attached hydrogen (secondary N) is 1. The van der Waals surface area contributed by atoms with Crippen LogP contribution < -0.4 is 5.32 Å². The van der Waals surface area contributed by atoms with Crippen molar-refractivity contribution in [2.45, 2.75) is 19.4 Å². The van der Waals surface area contributed by atoms with Crippen molar-refractivity contribution in [2.24, 2.45) is 0 Å². The number of amides is 1. The van der Waals surface area contributed by atoms with Gasteiger partial charge in [-0.1, -0.05) is 6.07 Å². The van der Waals surface area contributed by atoms with Gasteiger partial charge in [-0.25, -0.2) is 0 Å². The summed E-state index contributed by atoms with van der Waals surface area (Å²) in [6, 6.07) is 9.26. The highest BCUT2D eigenvalue weighted by Gasteiger charge is 2.21. The van der Waals surface area contributed by atoms with Crippen LogP contribution in [0.2, 0.25) is 0 Å². The van der Waals surface area contributed by atoms with E-state index in [9.17, 15) is 19.7 Å². The molecule has 0 aliphatic carbocycles. The normalized spacial score (nSPS) is 11.5. The first kappa shape index (κ1) is 19.8. The number of carbonyl (C=O) groups excluding carboxylic acids is 1. The van der Waals surface area contributed by atoms with Gasteiger partial charge in [-0.3, -0.25) is 24.7 Å². The van der Waals surface area contributed by atoms with Gasteiger partial charge in [0, 0.05) is 31.4 Å². The average Bonchev–Trinajstić information content (AvgIpc) is 2.66. The van der Waals surface area contributed by atoms with Gasteiger partial charge in [-0.05, 0) is 31.2 Å². The summed E-state index contributed by atoms with van der Waals surface area (Å²) < 4.78 is 0. The van der Waals surface area contributed by atoms with E-state index in [1.54, 1.807) is 18.3 Å². The maximum absolute atomic E-state index is 12.4. The molecule has 0 aliphatic heterocycles. The van der Waals surface area contributed by atoms with Crippen molar-refractivity contribution in [3.63, 3.8) is 0 Å². The van der Waals surface area contributed by atoms with Crippen LogP contribution in [-0.4, -0.2) is 45.4 Å². The maximum Gasteiger partial charge on any atom is 0.305 e. The van der Waals surface area contributed by atoms with Gasteiger partial charge in [0.1, 0.15) is 5.69 Å². The van der Waals surface area contributed by atoms with Gasteiger partial charge in [-0.2, -0.15) is 0 Å². The molecule has 1 aromatic carbocycles. The zero-order chi connectivity index (χ0) is 20.0. The lowest BCUT2D eigenvalue weighted by Crippen LogP contribution is -2.29. The third-order valence-corrected chi connectivity index (χ3v) is 3.95. The first-order valence-corrected chi connectivity index (χ1v) is 8.22. The Morgan fingerprint density at radius 2 is 2.07 bits per heavy atom. The fraction of sp³-hybridized carbons (Fsp3) is 0.278. The Morgan fingerprint density at radius 1 is 1.33 bits per heavy atom. The van der Waals surface area contributed by atoms with Crippen LogP contribution in [0.1, 0.15) is 35.4 Å². The fourth-order valence-electron chi connectivity index (χ4n) is 2.46. The summed E-state index contributed by atoms with van der Waals surface area (Å²) >= 11 is 0. The minimum atomic E-state index is -1.02. The minimum Gasteiger partial charge on any atom is -0.481 e. The molecular formula is C18H20N4O5. The van der Waals surface area contributed by atoms with E-state index in [1.165, 1.54) is 30.1 Å². The Hall–Kier alpha value is -3.49. The molecule has 1 unspecified atom stereocenters. The number of anilines is 1. The predicted molar refractivity (Wildman–Crippen MR) is 98.6 cm³/mol. The number of aromatic nitrogens is 1. The van der Waals surface area contributed by atoms with Crippen molar-refractivity contribution in [1.29, 1.82) is 0 Å². The Kier molecular flexibility index (Phi) is 6.42. The van der Waals surface area contributed by atoms with Crippen LogP contribution in [0.25, 0.3) is 0 Å². The third-order valence-electron chi connectivity index (χ3n) is 3.95. The molecule has 0 saturated heterocycles. The predicted octanol–water partition coefficient (Wildman–Crippen LogP) is 2.71. The van der Waals surface area contributed by atoms with Crippen LogP contribution in [0.15, 0.2) is 42.6 Å². The lowest BCUT2D eigenvalue weighted by Gasteiger charge is -2.18. The summed E-state index contributed by atoms with van der Waals surface area (Å²) in [4.78, 5) is 39.3. The molecule has 2 N–H and O–H groups in total. The lowest BCUT2D eigenvalue weighted by molar-refractivity contribution is -0.384. The molecule has 0 bridgehead atoms. The van der Waals surface area contributed by atoms with E-state index in [2.05, 4.69) is 10.3 Å². The molecule has 9 nitrogen and oxygen atoms in total. The molecule has 9 heteroatoms. The number of nitro groups is 1. The molecule has 1 amide bonds. The largest absolute Gasteiger partial charge is 0.481 e. The van der Waals surface area contributed by atoms with Gasteiger partial charge in [0.15, 0.2) is 0 Å². The van der Waals surface area contributed by atoms with Gasteiger partial charge in [0.05, 0.1) is 23.1 Å². The molecule has 0 saturated carbocycles. The number of benzene rings is 1. The highest BCUT2D eigenvalue weighted by molar-refractivity contribution is 5.95. The molecule has 1 atom stereocenters. The van der Waals surface area contributed by atoms with E-state index >= 15 is 0 Å². The Bertz CT molecular complexity index is 841.